The molecule has 0 saturated carbocycles. The summed E-state index contributed by atoms with van der Waals surface area (Å²) >= 11 is 6.27. The zero-order chi connectivity index (χ0) is 19.8. The van der Waals surface area contributed by atoms with Crippen LogP contribution < -0.4 is 9.47 Å². The van der Waals surface area contributed by atoms with Crippen LogP contribution in [0.3, 0.4) is 0 Å². The van der Waals surface area contributed by atoms with Crippen LogP contribution in [-0.2, 0) is 0 Å². The molecule has 0 aromatic heterocycles. The number of benzene rings is 2. The van der Waals surface area contributed by atoms with E-state index in [0.29, 0.717) is 29.2 Å². The third-order valence-electron chi connectivity index (χ3n) is 3.43. The molecule has 6 nitrogen and oxygen atoms in total. The number of rotatable bonds is 7. The molecule has 0 radical (unpaired) electrons. The van der Waals surface area contributed by atoms with Gasteiger partial charge in [-0.2, -0.15) is 5.26 Å². The highest BCUT2D eigenvalue weighted by molar-refractivity contribution is 6.32. The number of nitro benzene ring substituents is 1. The number of nitriles is 1. The Labute approximate surface area is 161 Å². The van der Waals surface area contributed by atoms with Gasteiger partial charge in [0, 0.05) is 12.1 Å². The third-order valence-corrected chi connectivity index (χ3v) is 3.71. The maximum atomic E-state index is 10.9. The first-order valence-corrected chi connectivity index (χ1v) is 8.27. The van der Waals surface area contributed by atoms with Crippen molar-refractivity contribution in [3.8, 4) is 29.9 Å². The van der Waals surface area contributed by atoms with Crippen LogP contribution in [0.15, 0.2) is 36.4 Å². The number of ether oxygens (including phenoxy) is 2. The van der Waals surface area contributed by atoms with E-state index in [9.17, 15) is 15.4 Å². The molecule has 0 spiro atoms. The Morgan fingerprint density at radius 2 is 2.15 bits per heavy atom. The zero-order valence-electron chi connectivity index (χ0n) is 14.4. The van der Waals surface area contributed by atoms with Gasteiger partial charge in [-0.15, -0.1) is 6.42 Å². The SMILES string of the molecule is C#CCOc1c(Cl)cc(/C=C(/C#N)c2cccc([N+](=O)[O-])c2)cc1OCC. The first-order valence-electron chi connectivity index (χ1n) is 7.89. The second-order valence-corrected chi connectivity index (χ2v) is 5.64. The summed E-state index contributed by atoms with van der Waals surface area (Å²) in [5.41, 5.74) is 1.15. The summed E-state index contributed by atoms with van der Waals surface area (Å²) in [4.78, 5) is 10.4. The quantitative estimate of drug-likeness (QED) is 0.227. The number of hydrogen-bond donors (Lipinski definition) is 0. The Morgan fingerprint density at radius 1 is 1.37 bits per heavy atom. The summed E-state index contributed by atoms with van der Waals surface area (Å²) in [5, 5.41) is 20.7. The van der Waals surface area contributed by atoms with Gasteiger partial charge in [-0.3, -0.25) is 10.1 Å². The molecule has 0 atom stereocenters. The maximum Gasteiger partial charge on any atom is 0.270 e. The number of terminal acetylenes is 1. The number of nitro groups is 1. The highest BCUT2D eigenvalue weighted by atomic mass is 35.5. The van der Waals surface area contributed by atoms with Crippen LogP contribution in [0.4, 0.5) is 5.69 Å². The molecule has 0 heterocycles. The maximum absolute atomic E-state index is 10.9. The third kappa shape index (κ3) is 5.01. The second kappa shape index (κ2) is 9.28. The van der Waals surface area contributed by atoms with Crippen molar-refractivity contribution >= 4 is 28.9 Å². The monoisotopic (exact) mass is 382 g/mol. The van der Waals surface area contributed by atoms with Crippen molar-refractivity contribution in [3.05, 3.63) is 62.7 Å². The van der Waals surface area contributed by atoms with E-state index in [1.54, 1.807) is 24.3 Å². The van der Waals surface area contributed by atoms with Crippen LogP contribution >= 0.6 is 11.6 Å². The molecule has 2 aromatic rings. The lowest BCUT2D eigenvalue weighted by Gasteiger charge is -2.13. The van der Waals surface area contributed by atoms with Gasteiger partial charge in [-0.25, -0.2) is 0 Å². The molecule has 0 N–H and O–H groups in total. The van der Waals surface area contributed by atoms with Crippen LogP contribution in [0.25, 0.3) is 11.6 Å². The van der Waals surface area contributed by atoms with E-state index in [0.717, 1.165) is 0 Å². The van der Waals surface area contributed by atoms with Crippen LogP contribution in [0.1, 0.15) is 18.1 Å². The number of hydrogen-bond acceptors (Lipinski definition) is 5. The predicted molar refractivity (Wildman–Crippen MR) is 104 cm³/mol. The summed E-state index contributed by atoms with van der Waals surface area (Å²) in [6.45, 7) is 2.23. The van der Waals surface area contributed by atoms with Crippen LogP contribution in [0.5, 0.6) is 11.5 Å². The summed E-state index contributed by atoms with van der Waals surface area (Å²) in [5.74, 6) is 3.07. The highest BCUT2D eigenvalue weighted by Gasteiger charge is 2.13. The normalized spacial score (nSPS) is 10.6. The lowest BCUT2D eigenvalue weighted by atomic mass is 10.0. The Kier molecular flexibility index (Phi) is 6.82. The minimum atomic E-state index is -0.514. The molecular formula is C20H15ClN2O4. The van der Waals surface area contributed by atoms with E-state index in [2.05, 4.69) is 5.92 Å². The standard InChI is InChI=1S/C20H15ClN2O4/c1-3-8-27-20-18(21)10-14(11-19(20)26-4-2)9-16(13-22)15-6-5-7-17(12-15)23(24)25/h1,5-7,9-12H,4,8H2,2H3/b16-9-. The van der Waals surface area contributed by atoms with Crippen LogP contribution in [0.2, 0.25) is 5.02 Å². The molecular weight excluding hydrogens is 368 g/mol. The number of allylic oxidation sites excluding steroid dienone is 1. The molecule has 27 heavy (non-hydrogen) atoms. The van der Waals surface area contributed by atoms with Gasteiger partial charge in [0.25, 0.3) is 5.69 Å². The summed E-state index contributed by atoms with van der Waals surface area (Å²) < 4.78 is 11.0. The van der Waals surface area contributed by atoms with E-state index in [1.165, 1.54) is 18.2 Å². The average Bonchev–Trinajstić information content (AvgIpc) is 2.66. The fourth-order valence-electron chi connectivity index (χ4n) is 2.32. The Morgan fingerprint density at radius 3 is 2.78 bits per heavy atom. The number of nitrogens with zero attached hydrogens (tertiary/aromatic N) is 2. The molecule has 0 fully saturated rings. The molecule has 0 unspecified atom stereocenters. The Balaban J connectivity index is 2.49. The van der Waals surface area contributed by atoms with Gasteiger partial charge in [0.15, 0.2) is 11.5 Å². The first kappa shape index (κ1) is 19.8. The van der Waals surface area contributed by atoms with Gasteiger partial charge in [0.2, 0.25) is 0 Å². The van der Waals surface area contributed by atoms with Crippen molar-refractivity contribution in [1.29, 1.82) is 5.26 Å². The van der Waals surface area contributed by atoms with E-state index in [-0.39, 0.29) is 22.9 Å². The van der Waals surface area contributed by atoms with E-state index in [4.69, 9.17) is 27.5 Å². The predicted octanol–water partition coefficient (Wildman–Crippen LogP) is 4.72. The highest BCUT2D eigenvalue weighted by Crippen LogP contribution is 2.37. The first-order chi connectivity index (χ1) is 13.0. The average molecular weight is 383 g/mol. The van der Waals surface area contributed by atoms with Gasteiger partial charge in [-0.1, -0.05) is 29.7 Å². The summed E-state index contributed by atoms with van der Waals surface area (Å²) in [7, 11) is 0. The lowest BCUT2D eigenvalue weighted by Crippen LogP contribution is -2.00. The Bertz CT molecular complexity index is 971. The van der Waals surface area contributed by atoms with Crippen LogP contribution in [-0.4, -0.2) is 18.1 Å². The van der Waals surface area contributed by atoms with Crippen molar-refractivity contribution in [2.24, 2.45) is 0 Å². The molecule has 0 bridgehead atoms. The molecule has 136 valence electrons. The topological polar surface area (TPSA) is 85.4 Å². The smallest absolute Gasteiger partial charge is 0.270 e. The van der Waals surface area contributed by atoms with Crippen molar-refractivity contribution in [1.82, 2.24) is 0 Å². The number of non-ortho nitro benzene ring substituents is 1. The molecule has 0 aliphatic heterocycles. The second-order valence-electron chi connectivity index (χ2n) is 5.23. The van der Waals surface area contributed by atoms with Crippen molar-refractivity contribution in [2.45, 2.75) is 6.92 Å². The van der Waals surface area contributed by atoms with E-state index >= 15 is 0 Å². The minimum absolute atomic E-state index is 0.0338. The molecule has 2 rings (SSSR count). The van der Waals surface area contributed by atoms with E-state index in [1.807, 2.05) is 13.0 Å². The van der Waals surface area contributed by atoms with Gasteiger partial charge < -0.3 is 9.47 Å². The van der Waals surface area contributed by atoms with Crippen molar-refractivity contribution in [3.63, 3.8) is 0 Å². The molecule has 2 aromatic carbocycles. The fourth-order valence-corrected chi connectivity index (χ4v) is 2.60. The van der Waals surface area contributed by atoms with Gasteiger partial charge in [0.05, 0.1) is 28.2 Å². The zero-order valence-corrected chi connectivity index (χ0v) is 15.2. The molecule has 0 aliphatic carbocycles. The molecule has 0 saturated heterocycles. The molecule has 0 amide bonds. The van der Waals surface area contributed by atoms with Crippen LogP contribution in [0, 0.1) is 33.8 Å². The summed E-state index contributed by atoms with van der Waals surface area (Å²) in [6.07, 6.45) is 6.78. The van der Waals surface area contributed by atoms with Crippen molar-refractivity contribution in [2.75, 3.05) is 13.2 Å². The van der Waals surface area contributed by atoms with Crippen molar-refractivity contribution < 1.29 is 14.4 Å². The summed E-state index contributed by atoms with van der Waals surface area (Å²) in [6, 6.07) is 11.2. The Hall–Kier alpha value is -3.48. The molecule has 0 aliphatic rings. The lowest BCUT2D eigenvalue weighted by molar-refractivity contribution is -0.384. The fraction of sp³-hybridized carbons (Fsp3) is 0.150. The number of halogens is 1. The van der Waals surface area contributed by atoms with Gasteiger partial charge in [0.1, 0.15) is 6.61 Å². The minimum Gasteiger partial charge on any atom is -0.490 e. The largest absolute Gasteiger partial charge is 0.490 e. The van der Waals surface area contributed by atoms with Gasteiger partial charge in [-0.05, 0) is 36.3 Å². The van der Waals surface area contributed by atoms with Gasteiger partial charge >= 0.3 is 0 Å². The molecule has 7 heteroatoms. The van der Waals surface area contributed by atoms with E-state index < -0.39 is 4.92 Å².